The molecule has 2 aliphatic heterocycles. The van der Waals surface area contributed by atoms with E-state index in [-0.39, 0.29) is 69.3 Å². The molecule has 4 atom stereocenters. The van der Waals surface area contributed by atoms with Crippen LogP contribution in [-0.2, 0) is 69.5 Å². The smallest absolute Gasteiger partial charge is 0.268 e. The van der Waals surface area contributed by atoms with Crippen molar-refractivity contribution in [1.82, 2.24) is 24.3 Å². The van der Waals surface area contributed by atoms with E-state index in [1.807, 2.05) is 0 Å². The lowest BCUT2D eigenvalue weighted by Crippen LogP contribution is -2.42. The van der Waals surface area contributed by atoms with Gasteiger partial charge in [-0.15, -0.1) is 0 Å². The lowest BCUT2D eigenvalue weighted by Gasteiger charge is -2.29. The molecule has 0 aliphatic carbocycles. The third kappa shape index (κ3) is 15.7. The van der Waals surface area contributed by atoms with Crippen LogP contribution in [0.5, 0.6) is 0 Å². The van der Waals surface area contributed by atoms with Crippen LogP contribution in [0.1, 0.15) is 279 Å². The fourth-order valence-electron chi connectivity index (χ4n) is 14.2. The minimum Gasteiger partial charge on any atom is -0.268 e. The molecule has 2 saturated heterocycles. The van der Waals surface area contributed by atoms with Crippen molar-refractivity contribution in [1.29, 1.82) is 0 Å². The number of guanidine groups is 2. The molecule has 2 heterocycles. The molecule has 0 radical (unpaired) electrons. The first kappa shape index (κ1) is 72.0. The Morgan fingerprint density at radius 3 is 0.701 bits per heavy atom. The Balaban J connectivity index is 1.45. The van der Waals surface area contributed by atoms with Gasteiger partial charge in [-0.2, -0.15) is 0 Å². The van der Waals surface area contributed by atoms with Crippen LogP contribution in [0.4, 0.5) is 8.78 Å². The molecular weight excluding hydrogens is 1190 g/mol. The summed E-state index contributed by atoms with van der Waals surface area (Å²) in [6.07, 6.45) is 0. The van der Waals surface area contributed by atoms with E-state index in [0.717, 1.165) is 39.3 Å². The molecule has 0 bridgehead atoms. The molecular formula is C90H114F2N5+. The van der Waals surface area contributed by atoms with E-state index in [1.165, 1.54) is 33.4 Å². The monoisotopic (exact) mass is 1300 g/mol. The molecule has 0 amide bonds. The Labute approximate surface area is 584 Å². The quantitative estimate of drug-likeness (QED) is 0.114. The maximum atomic E-state index is 18.7. The molecule has 7 heteroatoms. The highest BCUT2D eigenvalue weighted by molar-refractivity contribution is 5.92. The lowest BCUT2D eigenvalue weighted by atomic mass is 9.79. The molecule has 0 N–H and O–H groups in total. The molecule has 0 saturated carbocycles. The van der Waals surface area contributed by atoms with Crippen molar-refractivity contribution in [3.05, 3.63) is 283 Å². The zero-order valence-corrected chi connectivity index (χ0v) is 63.5. The fourth-order valence-corrected chi connectivity index (χ4v) is 14.2. The third-order valence-corrected chi connectivity index (χ3v) is 20.2. The first-order valence-electron chi connectivity index (χ1n) is 35.7. The number of benzene rings is 8. The van der Waals surface area contributed by atoms with Gasteiger partial charge in [0.2, 0.25) is 0 Å². The SMILES string of the molecule is CC(C)(C)c1cc(CN2C(=[N+]=C3N(Cc4cc(C(C)(C)C)cc(C(C)(C)C)c4F)[C@@H](c4ccccc4)[C@H](c4ccccc4)N3Cc3cc(C(C)(C)C)cc(C(C)(C)C)c3F)N(Cc3cc(C(C)(C)C)cc(C(C)(C)C)c3)[C@@H](c3ccccc3)[C@@H]2c2ccccc2)cc(C(C)(C)C)c1. The zero-order valence-electron chi connectivity index (χ0n) is 63.5. The molecule has 10 rings (SSSR count). The molecule has 8 aromatic carbocycles. The van der Waals surface area contributed by atoms with Crippen LogP contribution in [0, 0.1) is 11.6 Å². The molecule has 2 aliphatic rings. The molecule has 97 heavy (non-hydrogen) atoms. The van der Waals surface area contributed by atoms with Crippen LogP contribution < -0.4 is 4.67 Å². The Bertz CT molecular complexity index is 3830. The van der Waals surface area contributed by atoms with E-state index >= 15 is 8.78 Å². The van der Waals surface area contributed by atoms with Gasteiger partial charge in [0.15, 0.2) is 0 Å². The van der Waals surface area contributed by atoms with Crippen molar-refractivity contribution >= 4 is 11.9 Å². The average Bonchev–Trinajstić information content (AvgIpc) is 1.59. The van der Waals surface area contributed by atoms with Crippen molar-refractivity contribution in [2.75, 3.05) is 0 Å². The summed E-state index contributed by atoms with van der Waals surface area (Å²) in [7, 11) is 0. The van der Waals surface area contributed by atoms with E-state index in [1.54, 1.807) is 0 Å². The average molecular weight is 1300 g/mol. The summed E-state index contributed by atoms with van der Waals surface area (Å²) in [4.78, 5) is 10.0. The minimum atomic E-state index is -0.520. The second-order valence-electron chi connectivity index (χ2n) is 36.5. The first-order chi connectivity index (χ1) is 45.0. The van der Waals surface area contributed by atoms with Crippen molar-refractivity contribution in [3.63, 3.8) is 0 Å². The topological polar surface area (TPSA) is 27.1 Å². The molecule has 512 valence electrons. The van der Waals surface area contributed by atoms with E-state index in [2.05, 4.69) is 368 Å². The minimum absolute atomic E-state index is 0.156. The Hall–Kier alpha value is -7.73. The maximum absolute atomic E-state index is 18.7. The summed E-state index contributed by atoms with van der Waals surface area (Å²) >= 11 is 0. The van der Waals surface area contributed by atoms with Crippen LogP contribution in [0.15, 0.2) is 182 Å². The van der Waals surface area contributed by atoms with E-state index < -0.39 is 22.9 Å². The van der Waals surface area contributed by atoms with Crippen LogP contribution in [0.3, 0.4) is 0 Å². The van der Waals surface area contributed by atoms with E-state index in [9.17, 15) is 0 Å². The molecule has 0 aromatic heterocycles. The van der Waals surface area contributed by atoms with Crippen LogP contribution in [0.25, 0.3) is 0 Å². The van der Waals surface area contributed by atoms with Crippen molar-refractivity contribution in [2.24, 2.45) is 0 Å². The number of halogens is 2. The predicted molar refractivity (Wildman–Crippen MR) is 406 cm³/mol. The molecule has 0 spiro atoms. The first-order valence-corrected chi connectivity index (χ1v) is 35.7. The van der Waals surface area contributed by atoms with E-state index in [0.29, 0.717) is 41.3 Å². The molecule has 8 aromatic rings. The Morgan fingerprint density at radius 1 is 0.268 bits per heavy atom. The van der Waals surface area contributed by atoms with Gasteiger partial charge in [-0.3, -0.25) is 19.6 Å². The standard InChI is InChI=1S/C90H114F2N5/c1-83(2,3)67-45-59(46-68(51-67)84(4,5)6)55-94-77(61-37-29-25-30-38-61)78(62-39-31-26-32-40-62)95(56-60-47-69(85(7,8)9)52-70(48-60)86(10,11)12)81(94)93-82-96(57-65-49-71(87(13,14)15)53-73(75(65)91)89(19,20)21)79(63-41-33-27-34-42-63)80(64-43-35-28-36-44-64)97(82)58-66-50-72(88(16,17)18)54-74(76(66)92)90(22,23)24/h25-54,77-80H,55-58H2,1-24H3/q+1/t77-,78-,79-,80-/m0/s1. The fraction of sp³-hybridized carbons (Fsp3) is 0.444. The van der Waals surface area contributed by atoms with Crippen molar-refractivity contribution < 1.29 is 8.78 Å². The van der Waals surface area contributed by atoms with Crippen molar-refractivity contribution in [2.45, 2.75) is 260 Å². The Morgan fingerprint density at radius 2 is 0.485 bits per heavy atom. The number of hydrogen-bond donors (Lipinski definition) is 0. The largest absolute Gasteiger partial charge is 0.375 e. The van der Waals surface area contributed by atoms with Gasteiger partial charge < -0.3 is 0 Å². The highest BCUT2D eigenvalue weighted by Crippen LogP contribution is 2.51. The number of rotatable bonds is 12. The number of nitrogens with zero attached hydrogens (tertiary/aromatic N) is 5. The second kappa shape index (κ2) is 26.5. The van der Waals surface area contributed by atoms with Crippen LogP contribution in [-0.4, -0.2) is 31.5 Å². The zero-order chi connectivity index (χ0) is 70.9. The summed E-state index contributed by atoms with van der Waals surface area (Å²) < 4.78 is 44.0. The van der Waals surface area contributed by atoms with E-state index in [4.69, 9.17) is 4.67 Å². The number of hydrogen-bond acceptors (Lipinski definition) is 0. The molecule has 5 nitrogen and oxygen atoms in total. The second-order valence-corrected chi connectivity index (χ2v) is 36.5. The van der Waals surface area contributed by atoms with Gasteiger partial charge >= 0.3 is 11.9 Å². The van der Waals surface area contributed by atoms with Crippen molar-refractivity contribution in [3.8, 4) is 0 Å². The summed E-state index contributed by atoms with van der Waals surface area (Å²) in [6, 6.07) is 65.2. The summed E-state index contributed by atoms with van der Waals surface area (Å²) in [6.45, 7) is 55.2. The van der Waals surface area contributed by atoms with Gasteiger partial charge in [-0.1, -0.05) is 336 Å². The lowest BCUT2D eigenvalue weighted by molar-refractivity contribution is 0.259. The highest BCUT2D eigenvalue weighted by atomic mass is 19.1. The highest BCUT2D eigenvalue weighted by Gasteiger charge is 2.55. The normalized spacial score (nSPS) is 17.8. The third-order valence-electron chi connectivity index (χ3n) is 20.2. The van der Waals surface area contributed by atoms with Gasteiger partial charge in [-0.25, -0.2) is 13.4 Å². The van der Waals surface area contributed by atoms with Gasteiger partial charge in [0.25, 0.3) is 0 Å². The van der Waals surface area contributed by atoms with Gasteiger partial charge in [0.05, 0.1) is 26.2 Å². The Kier molecular flexibility index (Phi) is 19.7. The summed E-state index contributed by atoms with van der Waals surface area (Å²) in [5, 5.41) is 0. The van der Waals surface area contributed by atoms with Crippen LogP contribution in [0.2, 0.25) is 0 Å². The van der Waals surface area contributed by atoms with Gasteiger partial charge in [0.1, 0.15) is 35.8 Å². The maximum Gasteiger partial charge on any atom is 0.375 e. The summed E-state index contributed by atoms with van der Waals surface area (Å²) in [5.74, 6) is 0.990. The van der Waals surface area contributed by atoms with Gasteiger partial charge in [-0.05, 0) is 133 Å². The summed E-state index contributed by atoms with van der Waals surface area (Å²) in [5.41, 5.74) is 14.3. The van der Waals surface area contributed by atoms with Gasteiger partial charge in [0, 0.05) is 11.1 Å². The molecule has 2 fully saturated rings. The predicted octanol–water partition coefficient (Wildman–Crippen LogP) is 22.4. The van der Waals surface area contributed by atoms with Crippen LogP contribution >= 0.6 is 0 Å². The molecule has 0 unspecified atom stereocenters.